The summed E-state index contributed by atoms with van der Waals surface area (Å²) < 4.78 is 13.1. The van der Waals surface area contributed by atoms with Crippen LogP contribution in [0.25, 0.3) is 10.9 Å². The predicted octanol–water partition coefficient (Wildman–Crippen LogP) is 1.88. The van der Waals surface area contributed by atoms with E-state index in [9.17, 15) is 4.39 Å². The van der Waals surface area contributed by atoms with Gasteiger partial charge in [0.2, 0.25) is 0 Å². The Morgan fingerprint density at radius 3 is 3.12 bits per heavy atom. The Balaban J connectivity index is 1.99. The lowest BCUT2D eigenvalue weighted by atomic mass is 10.0. The lowest BCUT2D eigenvalue weighted by Gasteiger charge is -2.30. The second-order valence-corrected chi connectivity index (χ2v) is 4.70. The van der Waals surface area contributed by atoms with Crippen molar-refractivity contribution in [1.82, 2.24) is 15.2 Å². The Kier molecular flexibility index (Phi) is 2.61. The minimum atomic E-state index is -0.195. The molecule has 2 aromatic rings. The van der Waals surface area contributed by atoms with E-state index >= 15 is 0 Å². The highest BCUT2D eigenvalue weighted by molar-refractivity contribution is 5.83. The van der Waals surface area contributed by atoms with E-state index in [4.69, 9.17) is 0 Å². The fourth-order valence-corrected chi connectivity index (χ4v) is 2.51. The molecule has 1 atom stereocenters. The number of halogens is 1. The second-order valence-electron chi connectivity index (χ2n) is 4.70. The zero-order valence-electron chi connectivity index (χ0n) is 9.83. The number of hydrogen-bond acceptors (Lipinski definition) is 2. The van der Waals surface area contributed by atoms with Gasteiger partial charge in [-0.1, -0.05) is 0 Å². The minimum absolute atomic E-state index is 0.195. The molecule has 3 nitrogen and oxygen atoms in total. The number of likely N-dealkylation sites (N-methyl/N-ethyl adjacent to an activating group) is 1. The number of aromatic amines is 1. The topological polar surface area (TPSA) is 31.1 Å². The first kappa shape index (κ1) is 10.7. The van der Waals surface area contributed by atoms with Crippen LogP contribution in [0.4, 0.5) is 4.39 Å². The van der Waals surface area contributed by atoms with Crippen LogP contribution in [0.2, 0.25) is 0 Å². The summed E-state index contributed by atoms with van der Waals surface area (Å²) in [6, 6.07) is 5.25. The van der Waals surface area contributed by atoms with E-state index in [0.29, 0.717) is 6.04 Å². The molecule has 0 radical (unpaired) electrons. The maximum absolute atomic E-state index is 13.1. The van der Waals surface area contributed by atoms with Crippen molar-refractivity contribution in [3.63, 3.8) is 0 Å². The van der Waals surface area contributed by atoms with Crippen LogP contribution in [0, 0.1) is 5.82 Å². The Bertz CT molecular complexity index is 534. The van der Waals surface area contributed by atoms with Gasteiger partial charge < -0.3 is 15.2 Å². The van der Waals surface area contributed by atoms with Crippen molar-refractivity contribution in [2.75, 3.05) is 26.7 Å². The van der Waals surface area contributed by atoms with Crippen LogP contribution in [0.15, 0.2) is 24.4 Å². The zero-order chi connectivity index (χ0) is 11.8. The van der Waals surface area contributed by atoms with Crippen molar-refractivity contribution >= 4 is 10.9 Å². The lowest BCUT2D eigenvalue weighted by Crippen LogP contribution is -2.43. The molecule has 1 aliphatic heterocycles. The van der Waals surface area contributed by atoms with Crippen molar-refractivity contribution in [1.29, 1.82) is 0 Å². The van der Waals surface area contributed by atoms with Crippen LogP contribution in [-0.2, 0) is 0 Å². The van der Waals surface area contributed by atoms with E-state index in [2.05, 4.69) is 22.2 Å². The standard InChI is InChI=1S/C13H16FN3/c1-17-5-4-15-13(8-17)11-7-16-12-6-9(14)2-3-10(11)12/h2-3,6-7,13,15-16H,4-5,8H2,1H3. The molecule has 1 fully saturated rings. The Hall–Kier alpha value is -1.39. The quantitative estimate of drug-likeness (QED) is 0.788. The molecule has 1 saturated heterocycles. The largest absolute Gasteiger partial charge is 0.361 e. The molecule has 0 saturated carbocycles. The normalized spacial score (nSPS) is 22.1. The highest BCUT2D eigenvalue weighted by Crippen LogP contribution is 2.26. The highest BCUT2D eigenvalue weighted by Gasteiger charge is 2.20. The molecule has 90 valence electrons. The van der Waals surface area contributed by atoms with Crippen molar-refractivity contribution < 1.29 is 4.39 Å². The van der Waals surface area contributed by atoms with E-state index in [-0.39, 0.29) is 5.82 Å². The van der Waals surface area contributed by atoms with Gasteiger partial charge in [-0.15, -0.1) is 0 Å². The summed E-state index contributed by atoms with van der Waals surface area (Å²) in [5.74, 6) is -0.195. The molecular weight excluding hydrogens is 217 g/mol. The number of rotatable bonds is 1. The van der Waals surface area contributed by atoms with Gasteiger partial charge in [-0.2, -0.15) is 0 Å². The molecule has 0 aliphatic carbocycles. The third kappa shape index (κ3) is 1.94. The number of aromatic nitrogens is 1. The first-order valence-electron chi connectivity index (χ1n) is 5.92. The average Bonchev–Trinajstić information content (AvgIpc) is 2.71. The molecule has 3 rings (SSSR count). The summed E-state index contributed by atoms with van der Waals surface area (Å²) in [4.78, 5) is 5.45. The smallest absolute Gasteiger partial charge is 0.125 e. The summed E-state index contributed by atoms with van der Waals surface area (Å²) in [7, 11) is 2.13. The first-order chi connectivity index (χ1) is 8.24. The second kappa shape index (κ2) is 4.13. The van der Waals surface area contributed by atoms with Gasteiger partial charge in [-0.25, -0.2) is 4.39 Å². The molecule has 1 aliphatic rings. The monoisotopic (exact) mass is 233 g/mol. The van der Waals surface area contributed by atoms with Gasteiger partial charge in [-0.3, -0.25) is 0 Å². The predicted molar refractivity (Wildman–Crippen MR) is 66.5 cm³/mol. The van der Waals surface area contributed by atoms with Gasteiger partial charge in [0.1, 0.15) is 5.82 Å². The third-order valence-corrected chi connectivity index (χ3v) is 3.43. The summed E-state index contributed by atoms with van der Waals surface area (Å²) in [5.41, 5.74) is 2.10. The average molecular weight is 233 g/mol. The maximum Gasteiger partial charge on any atom is 0.125 e. The zero-order valence-corrected chi connectivity index (χ0v) is 9.83. The Labute approximate surface area is 99.6 Å². The first-order valence-corrected chi connectivity index (χ1v) is 5.92. The molecular formula is C13H16FN3. The molecule has 2 N–H and O–H groups in total. The fourth-order valence-electron chi connectivity index (χ4n) is 2.51. The van der Waals surface area contributed by atoms with E-state index in [1.807, 2.05) is 12.3 Å². The van der Waals surface area contributed by atoms with E-state index in [1.54, 1.807) is 6.07 Å². The summed E-state index contributed by atoms with van der Waals surface area (Å²) in [6.45, 7) is 3.06. The summed E-state index contributed by atoms with van der Waals surface area (Å²) in [5, 5.41) is 4.61. The Morgan fingerprint density at radius 2 is 2.29 bits per heavy atom. The molecule has 2 heterocycles. The van der Waals surface area contributed by atoms with Crippen LogP contribution < -0.4 is 5.32 Å². The minimum Gasteiger partial charge on any atom is -0.361 e. The number of piperazine rings is 1. The van der Waals surface area contributed by atoms with Crippen molar-refractivity contribution in [3.8, 4) is 0 Å². The number of fused-ring (bicyclic) bond motifs is 1. The third-order valence-electron chi connectivity index (χ3n) is 3.43. The number of nitrogens with one attached hydrogen (secondary N) is 2. The number of benzene rings is 1. The molecule has 1 unspecified atom stereocenters. The van der Waals surface area contributed by atoms with Gasteiger partial charge >= 0.3 is 0 Å². The van der Waals surface area contributed by atoms with Crippen LogP contribution in [0.3, 0.4) is 0 Å². The maximum atomic E-state index is 13.1. The Morgan fingerprint density at radius 1 is 1.41 bits per heavy atom. The number of nitrogens with zero attached hydrogens (tertiary/aromatic N) is 1. The van der Waals surface area contributed by atoms with E-state index in [0.717, 1.165) is 30.5 Å². The molecule has 17 heavy (non-hydrogen) atoms. The van der Waals surface area contributed by atoms with Gasteiger partial charge in [0.25, 0.3) is 0 Å². The van der Waals surface area contributed by atoms with Crippen LogP contribution in [-0.4, -0.2) is 36.6 Å². The molecule has 1 aromatic heterocycles. The molecule has 0 spiro atoms. The van der Waals surface area contributed by atoms with Crippen molar-refractivity contribution in [2.24, 2.45) is 0 Å². The molecule has 1 aromatic carbocycles. The number of hydrogen-bond donors (Lipinski definition) is 2. The fraction of sp³-hybridized carbons (Fsp3) is 0.385. The van der Waals surface area contributed by atoms with E-state index < -0.39 is 0 Å². The van der Waals surface area contributed by atoms with Crippen LogP contribution in [0.5, 0.6) is 0 Å². The van der Waals surface area contributed by atoms with Gasteiger partial charge in [-0.05, 0) is 30.8 Å². The van der Waals surface area contributed by atoms with Crippen LogP contribution >= 0.6 is 0 Å². The molecule has 0 bridgehead atoms. The van der Waals surface area contributed by atoms with Gasteiger partial charge in [0, 0.05) is 42.8 Å². The van der Waals surface area contributed by atoms with Crippen LogP contribution in [0.1, 0.15) is 11.6 Å². The number of H-pyrrole nitrogens is 1. The van der Waals surface area contributed by atoms with E-state index in [1.165, 1.54) is 11.6 Å². The lowest BCUT2D eigenvalue weighted by molar-refractivity contribution is 0.241. The highest BCUT2D eigenvalue weighted by atomic mass is 19.1. The molecule has 4 heteroatoms. The summed E-state index contributed by atoms with van der Waals surface area (Å²) >= 11 is 0. The van der Waals surface area contributed by atoms with Gasteiger partial charge in [0.05, 0.1) is 0 Å². The SMILES string of the molecule is CN1CCNC(c2c[nH]c3cc(F)ccc23)C1. The molecule has 0 amide bonds. The van der Waals surface area contributed by atoms with Crippen molar-refractivity contribution in [2.45, 2.75) is 6.04 Å². The van der Waals surface area contributed by atoms with Crippen molar-refractivity contribution in [3.05, 3.63) is 35.8 Å². The summed E-state index contributed by atoms with van der Waals surface area (Å²) in [6.07, 6.45) is 1.99. The van der Waals surface area contributed by atoms with Gasteiger partial charge in [0.15, 0.2) is 0 Å².